The molecule has 1 aliphatic rings. The summed E-state index contributed by atoms with van der Waals surface area (Å²) in [5, 5.41) is 15.6. The van der Waals surface area contributed by atoms with Crippen LogP contribution in [-0.4, -0.2) is 36.4 Å². The molecule has 1 N–H and O–H groups in total. The highest BCUT2D eigenvalue weighted by Gasteiger charge is 2.22. The summed E-state index contributed by atoms with van der Waals surface area (Å²) < 4.78 is 0. The molecule has 3 aromatic rings. The Labute approximate surface area is 152 Å². The van der Waals surface area contributed by atoms with Crippen molar-refractivity contribution in [3.05, 3.63) is 53.6 Å². The van der Waals surface area contributed by atoms with Gasteiger partial charge >= 0.3 is 0 Å². The summed E-state index contributed by atoms with van der Waals surface area (Å²) in [6.45, 7) is 1.99. The number of fused-ring (bicyclic) bond motifs is 1. The first kappa shape index (κ1) is 16.3. The third-order valence-electron chi connectivity index (χ3n) is 4.91. The predicted octanol–water partition coefficient (Wildman–Crippen LogP) is 4.14. The summed E-state index contributed by atoms with van der Waals surface area (Å²) in [5.74, 6) is 0.980. The van der Waals surface area contributed by atoms with Gasteiger partial charge in [-0.2, -0.15) is 0 Å². The number of benzene rings is 2. The lowest BCUT2D eigenvalue weighted by Gasteiger charge is -2.33. The summed E-state index contributed by atoms with van der Waals surface area (Å²) >= 11 is 6.02. The van der Waals surface area contributed by atoms with Crippen molar-refractivity contribution in [2.24, 2.45) is 0 Å². The zero-order valence-corrected chi connectivity index (χ0v) is 15.0. The number of piperidine rings is 1. The molecule has 0 spiro atoms. The summed E-state index contributed by atoms with van der Waals surface area (Å²) in [4.78, 5) is 2.35. The van der Waals surface area contributed by atoms with Crippen molar-refractivity contribution in [3.63, 3.8) is 0 Å². The van der Waals surface area contributed by atoms with Gasteiger partial charge < -0.3 is 10.2 Å². The van der Waals surface area contributed by atoms with Crippen LogP contribution in [0.25, 0.3) is 22.0 Å². The Morgan fingerprint density at radius 1 is 1.04 bits per heavy atom. The fourth-order valence-electron chi connectivity index (χ4n) is 3.55. The van der Waals surface area contributed by atoms with Gasteiger partial charge in [0.05, 0.1) is 0 Å². The van der Waals surface area contributed by atoms with Crippen LogP contribution >= 0.6 is 11.6 Å². The number of nitrogens with one attached hydrogen (secondary N) is 1. The normalized spacial score (nSPS) is 17.8. The molecule has 1 atom stereocenters. The fraction of sp³-hybridized carbons (Fsp3) is 0.300. The van der Waals surface area contributed by atoms with E-state index in [4.69, 9.17) is 11.6 Å². The highest BCUT2D eigenvalue weighted by atomic mass is 35.5. The first-order valence-corrected chi connectivity index (χ1v) is 9.07. The van der Waals surface area contributed by atoms with E-state index in [9.17, 15) is 0 Å². The molecule has 1 aliphatic heterocycles. The number of hydrogen-bond acceptors (Lipinski definition) is 4. The van der Waals surface area contributed by atoms with Crippen molar-refractivity contribution in [2.75, 3.05) is 25.0 Å². The molecule has 128 valence electrons. The minimum absolute atomic E-state index is 0.505. The van der Waals surface area contributed by atoms with Crippen LogP contribution in [0.15, 0.2) is 48.5 Å². The third kappa shape index (κ3) is 3.20. The number of halogens is 1. The molecule has 2 aromatic carbocycles. The van der Waals surface area contributed by atoms with Crippen LogP contribution in [0.2, 0.25) is 5.02 Å². The topological polar surface area (TPSA) is 41.0 Å². The Hall–Kier alpha value is -2.17. The molecule has 0 bridgehead atoms. The highest BCUT2D eigenvalue weighted by molar-refractivity contribution is 6.30. The van der Waals surface area contributed by atoms with Gasteiger partial charge in [0.1, 0.15) is 5.69 Å². The SMILES string of the molecule is CN[C@@H]1CCCN(c2nnc(-c3ccc(Cl)cc3)c3ccccc23)C1. The Bertz CT molecular complexity index is 879. The van der Waals surface area contributed by atoms with Gasteiger partial charge in [-0.1, -0.05) is 48.0 Å². The molecule has 5 heteroatoms. The molecule has 1 aromatic heterocycles. The number of hydrogen-bond donors (Lipinski definition) is 1. The summed E-state index contributed by atoms with van der Waals surface area (Å²) in [6.07, 6.45) is 2.38. The molecule has 0 amide bonds. The average Bonchev–Trinajstić information content (AvgIpc) is 2.68. The smallest absolute Gasteiger partial charge is 0.159 e. The summed E-state index contributed by atoms with van der Waals surface area (Å²) in [6, 6.07) is 16.7. The fourth-order valence-corrected chi connectivity index (χ4v) is 3.68. The molecule has 0 saturated carbocycles. The number of nitrogens with zero attached hydrogens (tertiary/aromatic N) is 3. The van der Waals surface area contributed by atoms with Crippen LogP contribution in [0.4, 0.5) is 5.82 Å². The number of likely N-dealkylation sites (N-methyl/N-ethyl adjacent to an activating group) is 1. The monoisotopic (exact) mass is 352 g/mol. The largest absolute Gasteiger partial charge is 0.353 e. The van der Waals surface area contributed by atoms with Crippen LogP contribution in [0, 0.1) is 0 Å². The van der Waals surface area contributed by atoms with E-state index >= 15 is 0 Å². The first-order valence-electron chi connectivity index (χ1n) is 8.70. The number of rotatable bonds is 3. The van der Waals surface area contributed by atoms with Crippen LogP contribution in [0.3, 0.4) is 0 Å². The molecular formula is C20H21ClN4. The minimum atomic E-state index is 0.505. The molecule has 4 rings (SSSR count). The molecule has 1 saturated heterocycles. The van der Waals surface area contributed by atoms with Crippen LogP contribution in [0.5, 0.6) is 0 Å². The molecule has 4 nitrogen and oxygen atoms in total. The van der Waals surface area contributed by atoms with Gasteiger partial charge in [0.2, 0.25) is 0 Å². The van der Waals surface area contributed by atoms with Gasteiger partial charge in [-0.25, -0.2) is 0 Å². The molecule has 0 aliphatic carbocycles. The van der Waals surface area contributed by atoms with Gasteiger partial charge in [0.15, 0.2) is 5.82 Å². The lowest BCUT2D eigenvalue weighted by molar-refractivity contribution is 0.447. The van der Waals surface area contributed by atoms with E-state index in [0.29, 0.717) is 6.04 Å². The van der Waals surface area contributed by atoms with Crippen molar-refractivity contribution in [1.82, 2.24) is 15.5 Å². The van der Waals surface area contributed by atoms with E-state index in [1.807, 2.05) is 31.3 Å². The van der Waals surface area contributed by atoms with Gasteiger partial charge in [0, 0.05) is 40.5 Å². The second-order valence-electron chi connectivity index (χ2n) is 6.50. The maximum atomic E-state index is 6.02. The molecule has 25 heavy (non-hydrogen) atoms. The van der Waals surface area contributed by atoms with Crippen LogP contribution < -0.4 is 10.2 Å². The molecular weight excluding hydrogens is 332 g/mol. The van der Waals surface area contributed by atoms with E-state index in [-0.39, 0.29) is 0 Å². The second-order valence-corrected chi connectivity index (χ2v) is 6.93. The van der Waals surface area contributed by atoms with E-state index in [1.54, 1.807) is 0 Å². The Morgan fingerprint density at radius 3 is 2.56 bits per heavy atom. The number of aromatic nitrogens is 2. The van der Waals surface area contributed by atoms with E-state index in [0.717, 1.165) is 46.0 Å². The van der Waals surface area contributed by atoms with Crippen molar-refractivity contribution in [2.45, 2.75) is 18.9 Å². The van der Waals surface area contributed by atoms with E-state index in [2.05, 4.69) is 44.7 Å². The summed E-state index contributed by atoms with van der Waals surface area (Å²) in [5.41, 5.74) is 1.93. The summed E-state index contributed by atoms with van der Waals surface area (Å²) in [7, 11) is 2.03. The second kappa shape index (κ2) is 6.98. The van der Waals surface area contributed by atoms with Crippen molar-refractivity contribution < 1.29 is 0 Å². The molecule has 0 radical (unpaired) electrons. The third-order valence-corrected chi connectivity index (χ3v) is 5.17. The van der Waals surface area contributed by atoms with Crippen molar-refractivity contribution in [1.29, 1.82) is 0 Å². The highest BCUT2D eigenvalue weighted by Crippen LogP contribution is 2.32. The molecule has 2 heterocycles. The van der Waals surface area contributed by atoms with Crippen molar-refractivity contribution >= 4 is 28.2 Å². The van der Waals surface area contributed by atoms with Crippen molar-refractivity contribution in [3.8, 4) is 11.3 Å². The maximum absolute atomic E-state index is 6.02. The Morgan fingerprint density at radius 2 is 1.80 bits per heavy atom. The minimum Gasteiger partial charge on any atom is -0.353 e. The van der Waals surface area contributed by atoms with E-state index in [1.165, 1.54) is 12.8 Å². The van der Waals surface area contributed by atoms with Crippen LogP contribution in [-0.2, 0) is 0 Å². The van der Waals surface area contributed by atoms with Gasteiger partial charge in [-0.15, -0.1) is 10.2 Å². The zero-order valence-electron chi connectivity index (χ0n) is 14.2. The molecule has 1 fully saturated rings. The van der Waals surface area contributed by atoms with Gasteiger partial charge in [-0.05, 0) is 32.0 Å². The maximum Gasteiger partial charge on any atom is 0.159 e. The lowest BCUT2D eigenvalue weighted by atomic mass is 10.0. The van der Waals surface area contributed by atoms with Crippen LogP contribution in [0.1, 0.15) is 12.8 Å². The Balaban J connectivity index is 1.80. The molecule has 0 unspecified atom stereocenters. The average molecular weight is 353 g/mol. The lowest BCUT2D eigenvalue weighted by Crippen LogP contribution is -2.44. The van der Waals surface area contributed by atoms with Gasteiger partial charge in [0.25, 0.3) is 0 Å². The zero-order chi connectivity index (χ0) is 17.2. The first-order chi connectivity index (χ1) is 12.3. The standard InChI is InChI=1S/C20H21ClN4/c1-22-16-5-4-12-25(13-16)20-18-7-3-2-6-17(18)19(23-24-20)14-8-10-15(21)11-9-14/h2-3,6-11,16,22H,4-5,12-13H2,1H3/t16-/m1/s1. The predicted molar refractivity (Wildman–Crippen MR) is 104 cm³/mol. The van der Waals surface area contributed by atoms with Gasteiger partial charge in [-0.3, -0.25) is 0 Å². The van der Waals surface area contributed by atoms with E-state index < -0.39 is 0 Å². The Kier molecular flexibility index (Phi) is 4.55. The number of anilines is 1. The quantitative estimate of drug-likeness (QED) is 0.769.